The minimum Gasteiger partial charge on any atom is -0.512 e. The van der Waals surface area contributed by atoms with Gasteiger partial charge in [-0.25, -0.2) is 4.79 Å². The zero-order valence-corrected chi connectivity index (χ0v) is 13.1. The SMILES string of the molecule is CC(O)=C(C)C(=O)OC1CCCCCCCCCCC1. The van der Waals surface area contributed by atoms with Crippen LogP contribution in [0.15, 0.2) is 11.3 Å². The number of carbonyl (C=O) groups excluding carboxylic acids is 1. The highest BCUT2D eigenvalue weighted by molar-refractivity contribution is 5.88. The molecule has 0 amide bonds. The predicted molar refractivity (Wildman–Crippen MR) is 81.7 cm³/mol. The minimum absolute atomic E-state index is 0.0243. The molecular weight excluding hydrogens is 252 g/mol. The van der Waals surface area contributed by atoms with Gasteiger partial charge in [-0.1, -0.05) is 44.9 Å². The molecule has 1 fully saturated rings. The molecule has 0 spiro atoms. The summed E-state index contributed by atoms with van der Waals surface area (Å²) in [6.45, 7) is 3.14. The summed E-state index contributed by atoms with van der Waals surface area (Å²) in [7, 11) is 0. The molecule has 1 aliphatic carbocycles. The van der Waals surface area contributed by atoms with E-state index in [-0.39, 0.29) is 17.8 Å². The Kier molecular flexibility index (Phi) is 8.40. The lowest BCUT2D eigenvalue weighted by Crippen LogP contribution is -2.19. The monoisotopic (exact) mass is 282 g/mol. The van der Waals surface area contributed by atoms with Gasteiger partial charge in [0.25, 0.3) is 0 Å². The second-order valence-corrected chi connectivity index (χ2v) is 6.00. The van der Waals surface area contributed by atoms with Gasteiger partial charge in [-0.15, -0.1) is 0 Å². The molecule has 0 aromatic rings. The number of ether oxygens (including phenoxy) is 1. The molecule has 0 bridgehead atoms. The predicted octanol–water partition coefficient (Wildman–Crippen LogP) is 5.05. The maximum absolute atomic E-state index is 11.9. The molecule has 0 atom stereocenters. The number of hydrogen-bond acceptors (Lipinski definition) is 3. The number of carbonyl (C=O) groups is 1. The number of esters is 1. The number of allylic oxidation sites excluding steroid dienone is 1. The van der Waals surface area contributed by atoms with Crippen LogP contribution in [0.3, 0.4) is 0 Å². The first-order valence-electron chi connectivity index (χ1n) is 8.18. The summed E-state index contributed by atoms with van der Waals surface area (Å²) in [4.78, 5) is 11.9. The fraction of sp³-hybridized carbons (Fsp3) is 0.824. The van der Waals surface area contributed by atoms with Gasteiger partial charge < -0.3 is 9.84 Å². The molecule has 3 heteroatoms. The molecule has 0 aliphatic heterocycles. The third-order valence-corrected chi connectivity index (χ3v) is 4.17. The van der Waals surface area contributed by atoms with Crippen molar-refractivity contribution in [2.24, 2.45) is 0 Å². The lowest BCUT2D eigenvalue weighted by molar-refractivity contribution is -0.145. The van der Waals surface area contributed by atoms with Crippen molar-refractivity contribution in [3.05, 3.63) is 11.3 Å². The van der Waals surface area contributed by atoms with Crippen LogP contribution >= 0.6 is 0 Å². The average molecular weight is 282 g/mol. The van der Waals surface area contributed by atoms with E-state index in [0.29, 0.717) is 5.57 Å². The third-order valence-electron chi connectivity index (χ3n) is 4.17. The highest BCUT2D eigenvalue weighted by Gasteiger charge is 2.17. The molecule has 20 heavy (non-hydrogen) atoms. The van der Waals surface area contributed by atoms with Crippen LogP contribution in [-0.2, 0) is 9.53 Å². The second kappa shape index (κ2) is 9.84. The number of rotatable bonds is 2. The van der Waals surface area contributed by atoms with E-state index in [1.54, 1.807) is 6.92 Å². The van der Waals surface area contributed by atoms with Gasteiger partial charge in [-0.3, -0.25) is 0 Å². The summed E-state index contributed by atoms with van der Waals surface area (Å²) >= 11 is 0. The van der Waals surface area contributed by atoms with E-state index in [0.717, 1.165) is 25.7 Å². The summed E-state index contributed by atoms with van der Waals surface area (Å²) in [5.41, 5.74) is 0.330. The lowest BCUT2D eigenvalue weighted by Gasteiger charge is -2.19. The van der Waals surface area contributed by atoms with E-state index in [1.165, 1.54) is 51.9 Å². The van der Waals surface area contributed by atoms with Crippen molar-refractivity contribution in [2.45, 2.75) is 90.6 Å². The Morgan fingerprint density at radius 1 is 0.850 bits per heavy atom. The third kappa shape index (κ3) is 6.97. The molecule has 1 rings (SSSR count). The van der Waals surface area contributed by atoms with Gasteiger partial charge in [-0.05, 0) is 39.5 Å². The summed E-state index contributed by atoms with van der Waals surface area (Å²) in [5.74, 6) is -0.301. The number of hydrogen-bond donors (Lipinski definition) is 1. The Hall–Kier alpha value is -0.990. The van der Waals surface area contributed by atoms with Gasteiger partial charge >= 0.3 is 5.97 Å². The molecule has 0 saturated heterocycles. The highest BCUT2D eigenvalue weighted by atomic mass is 16.5. The first kappa shape index (κ1) is 17.1. The molecular formula is C17H30O3. The van der Waals surface area contributed by atoms with Gasteiger partial charge in [0.15, 0.2) is 0 Å². The van der Waals surface area contributed by atoms with Crippen LogP contribution in [0, 0.1) is 0 Å². The molecule has 116 valence electrons. The Balaban J connectivity index is 2.46. The summed E-state index contributed by atoms with van der Waals surface area (Å²) in [6.07, 6.45) is 13.4. The van der Waals surface area contributed by atoms with Gasteiger partial charge in [0.1, 0.15) is 6.10 Å². The molecule has 1 N–H and O–H groups in total. The van der Waals surface area contributed by atoms with Gasteiger partial charge in [0.2, 0.25) is 0 Å². The molecule has 1 aliphatic rings. The van der Waals surface area contributed by atoms with E-state index in [2.05, 4.69) is 0 Å². The summed E-state index contributed by atoms with van der Waals surface area (Å²) < 4.78 is 5.56. The summed E-state index contributed by atoms with van der Waals surface area (Å²) in [6, 6.07) is 0. The zero-order valence-electron chi connectivity index (χ0n) is 13.1. The Morgan fingerprint density at radius 3 is 1.65 bits per heavy atom. The zero-order chi connectivity index (χ0) is 14.8. The van der Waals surface area contributed by atoms with Crippen LogP contribution in [0.4, 0.5) is 0 Å². The fourth-order valence-electron chi connectivity index (χ4n) is 2.63. The molecule has 1 saturated carbocycles. The fourth-order valence-corrected chi connectivity index (χ4v) is 2.63. The van der Waals surface area contributed by atoms with Crippen LogP contribution in [0.1, 0.15) is 84.5 Å². The lowest BCUT2D eigenvalue weighted by atomic mass is 9.99. The molecule has 0 unspecified atom stereocenters. The number of aliphatic hydroxyl groups is 1. The smallest absolute Gasteiger partial charge is 0.337 e. The van der Waals surface area contributed by atoms with Crippen molar-refractivity contribution >= 4 is 5.97 Å². The average Bonchev–Trinajstić information content (AvgIpc) is 2.40. The topological polar surface area (TPSA) is 46.5 Å². The molecule has 0 radical (unpaired) electrons. The van der Waals surface area contributed by atoms with Gasteiger partial charge in [0.05, 0.1) is 11.3 Å². The van der Waals surface area contributed by atoms with Gasteiger partial charge in [0, 0.05) is 0 Å². The standard InChI is InChI=1S/C17H30O3/c1-14(15(2)18)17(19)20-16-12-10-8-6-4-3-5-7-9-11-13-16/h16,18H,3-13H2,1-2H3. The van der Waals surface area contributed by atoms with Crippen LogP contribution in [-0.4, -0.2) is 17.2 Å². The highest BCUT2D eigenvalue weighted by Crippen LogP contribution is 2.20. The van der Waals surface area contributed by atoms with Crippen molar-refractivity contribution in [3.63, 3.8) is 0 Å². The van der Waals surface area contributed by atoms with Crippen LogP contribution < -0.4 is 0 Å². The summed E-state index contributed by atoms with van der Waals surface area (Å²) in [5, 5.41) is 9.35. The van der Waals surface area contributed by atoms with Crippen molar-refractivity contribution in [3.8, 4) is 0 Å². The van der Waals surface area contributed by atoms with E-state index in [9.17, 15) is 9.90 Å². The molecule has 0 heterocycles. The van der Waals surface area contributed by atoms with Crippen LogP contribution in [0.2, 0.25) is 0 Å². The molecule has 0 aromatic carbocycles. The van der Waals surface area contributed by atoms with E-state index in [1.807, 2.05) is 0 Å². The van der Waals surface area contributed by atoms with E-state index >= 15 is 0 Å². The van der Waals surface area contributed by atoms with Crippen molar-refractivity contribution in [2.75, 3.05) is 0 Å². The maximum atomic E-state index is 11.9. The molecule has 3 nitrogen and oxygen atoms in total. The second-order valence-electron chi connectivity index (χ2n) is 6.00. The van der Waals surface area contributed by atoms with E-state index < -0.39 is 0 Å². The Labute approximate surface area is 123 Å². The Bertz CT molecular complexity index is 304. The first-order chi connectivity index (χ1) is 9.61. The molecule has 0 aromatic heterocycles. The van der Waals surface area contributed by atoms with Crippen molar-refractivity contribution in [1.82, 2.24) is 0 Å². The maximum Gasteiger partial charge on any atom is 0.337 e. The Morgan fingerprint density at radius 2 is 1.25 bits per heavy atom. The van der Waals surface area contributed by atoms with Crippen molar-refractivity contribution in [1.29, 1.82) is 0 Å². The largest absolute Gasteiger partial charge is 0.512 e. The van der Waals surface area contributed by atoms with Gasteiger partial charge in [-0.2, -0.15) is 0 Å². The normalized spacial score (nSPS) is 21.3. The van der Waals surface area contributed by atoms with Crippen molar-refractivity contribution < 1.29 is 14.6 Å². The van der Waals surface area contributed by atoms with Crippen LogP contribution in [0.5, 0.6) is 0 Å². The van der Waals surface area contributed by atoms with E-state index in [4.69, 9.17) is 4.74 Å². The number of aliphatic hydroxyl groups excluding tert-OH is 1. The first-order valence-corrected chi connectivity index (χ1v) is 8.18. The minimum atomic E-state index is -0.359. The van der Waals surface area contributed by atoms with Crippen LogP contribution in [0.25, 0.3) is 0 Å². The quantitative estimate of drug-likeness (QED) is 0.437.